The summed E-state index contributed by atoms with van der Waals surface area (Å²) in [6, 6.07) is 3.90. The molecule has 0 fully saturated rings. The summed E-state index contributed by atoms with van der Waals surface area (Å²) in [5.74, 6) is 0. The van der Waals surface area contributed by atoms with Crippen LogP contribution in [0.5, 0.6) is 0 Å². The van der Waals surface area contributed by atoms with Crippen LogP contribution in [0.25, 0.3) is 0 Å². The monoisotopic (exact) mass is 326 g/mol. The molecule has 114 valence electrons. The zero-order chi connectivity index (χ0) is 15.4. The zero-order valence-corrected chi connectivity index (χ0v) is 13.7. The van der Waals surface area contributed by atoms with Gasteiger partial charge < -0.3 is 11.1 Å². The van der Waals surface area contributed by atoms with Gasteiger partial charge in [0.1, 0.15) is 0 Å². The van der Waals surface area contributed by atoms with E-state index in [1.54, 1.807) is 0 Å². The van der Waals surface area contributed by atoms with Crippen LogP contribution in [0.3, 0.4) is 0 Å². The van der Waals surface area contributed by atoms with Crippen molar-refractivity contribution in [3.05, 3.63) is 45.7 Å². The number of hydrogen-bond acceptors (Lipinski definition) is 3. The van der Waals surface area contributed by atoms with Crippen molar-refractivity contribution in [2.75, 3.05) is 12.3 Å². The number of halogens is 2. The summed E-state index contributed by atoms with van der Waals surface area (Å²) < 4.78 is 1.82. The molecule has 1 aromatic heterocycles. The van der Waals surface area contributed by atoms with Gasteiger partial charge in [-0.3, -0.25) is 4.68 Å². The Morgan fingerprint density at radius 1 is 1.33 bits per heavy atom. The molecule has 3 N–H and O–H groups in total. The van der Waals surface area contributed by atoms with Crippen LogP contribution in [0.2, 0.25) is 10.0 Å². The number of nitrogens with two attached hydrogens (primary N) is 1. The van der Waals surface area contributed by atoms with Crippen molar-refractivity contribution in [2.24, 2.45) is 7.05 Å². The maximum atomic E-state index is 6.06. The van der Waals surface area contributed by atoms with Crippen LogP contribution in [0, 0.1) is 0 Å². The molecule has 21 heavy (non-hydrogen) atoms. The lowest BCUT2D eigenvalue weighted by Gasteiger charge is -2.15. The summed E-state index contributed by atoms with van der Waals surface area (Å²) in [5, 5.41) is 8.63. The van der Waals surface area contributed by atoms with E-state index in [0.29, 0.717) is 15.7 Å². The van der Waals surface area contributed by atoms with Gasteiger partial charge in [-0.1, -0.05) is 23.2 Å². The number of rotatable bonds is 6. The van der Waals surface area contributed by atoms with E-state index in [9.17, 15) is 0 Å². The standard InChI is InChI=1S/C15H20Cl2N4/c1-10(12-6-13(16)15(18)14(17)7-12)19-5-3-4-11-8-20-21(2)9-11/h6-10,19H,3-5,18H2,1-2H3/t10-/m0/s1. The van der Waals surface area contributed by atoms with Crippen molar-refractivity contribution in [3.63, 3.8) is 0 Å². The van der Waals surface area contributed by atoms with E-state index in [0.717, 1.165) is 24.9 Å². The van der Waals surface area contributed by atoms with E-state index in [-0.39, 0.29) is 6.04 Å². The molecule has 0 bridgehead atoms. The molecule has 6 heteroatoms. The van der Waals surface area contributed by atoms with Gasteiger partial charge in [0.25, 0.3) is 0 Å². The number of benzene rings is 1. The summed E-state index contributed by atoms with van der Waals surface area (Å²) in [5.41, 5.74) is 8.48. The molecule has 0 spiro atoms. The average molecular weight is 327 g/mol. The van der Waals surface area contributed by atoms with Crippen molar-refractivity contribution in [2.45, 2.75) is 25.8 Å². The molecule has 0 unspecified atom stereocenters. The quantitative estimate of drug-likeness (QED) is 0.630. The average Bonchev–Trinajstić information content (AvgIpc) is 2.85. The first kappa shape index (κ1) is 16.1. The van der Waals surface area contributed by atoms with E-state index < -0.39 is 0 Å². The molecule has 0 saturated carbocycles. The second kappa shape index (κ2) is 7.16. The molecule has 1 aromatic carbocycles. The molecular weight excluding hydrogens is 307 g/mol. The molecule has 1 atom stereocenters. The minimum atomic E-state index is 0.175. The van der Waals surface area contributed by atoms with Crippen LogP contribution in [0.15, 0.2) is 24.5 Å². The Kier molecular flexibility index (Phi) is 5.51. The molecule has 1 heterocycles. The molecule has 0 aliphatic rings. The fourth-order valence-electron chi connectivity index (χ4n) is 2.18. The first-order valence-electron chi connectivity index (χ1n) is 6.92. The highest BCUT2D eigenvalue weighted by Gasteiger charge is 2.10. The molecule has 2 rings (SSSR count). The van der Waals surface area contributed by atoms with E-state index in [4.69, 9.17) is 28.9 Å². The topological polar surface area (TPSA) is 55.9 Å². The van der Waals surface area contributed by atoms with Gasteiger partial charge in [-0.2, -0.15) is 5.10 Å². The van der Waals surface area contributed by atoms with Gasteiger partial charge in [0.05, 0.1) is 21.9 Å². The fourth-order valence-corrected chi connectivity index (χ4v) is 2.69. The maximum absolute atomic E-state index is 6.06. The molecule has 0 amide bonds. The number of anilines is 1. The van der Waals surface area contributed by atoms with Crippen molar-refractivity contribution >= 4 is 28.9 Å². The number of nitrogen functional groups attached to an aromatic ring is 1. The van der Waals surface area contributed by atoms with Crippen molar-refractivity contribution in [1.82, 2.24) is 15.1 Å². The minimum absolute atomic E-state index is 0.175. The molecular formula is C15H20Cl2N4. The zero-order valence-electron chi connectivity index (χ0n) is 12.2. The van der Waals surface area contributed by atoms with Crippen molar-refractivity contribution < 1.29 is 0 Å². The normalized spacial score (nSPS) is 12.6. The Bertz CT molecular complexity index is 586. The second-order valence-corrected chi connectivity index (χ2v) is 6.01. The lowest BCUT2D eigenvalue weighted by atomic mass is 10.1. The first-order valence-corrected chi connectivity index (χ1v) is 7.68. The molecule has 2 aromatic rings. The van der Waals surface area contributed by atoms with Gasteiger partial charge in [0.2, 0.25) is 0 Å². The second-order valence-electron chi connectivity index (χ2n) is 5.20. The van der Waals surface area contributed by atoms with E-state index in [2.05, 4.69) is 17.3 Å². The third-order valence-corrected chi connectivity index (χ3v) is 4.08. The Labute approximate surface area is 135 Å². The summed E-state index contributed by atoms with van der Waals surface area (Å²) in [6.07, 6.45) is 6.01. The van der Waals surface area contributed by atoms with Crippen LogP contribution in [0.4, 0.5) is 5.69 Å². The fraction of sp³-hybridized carbons (Fsp3) is 0.400. The Morgan fingerprint density at radius 3 is 2.57 bits per heavy atom. The molecule has 0 aliphatic carbocycles. The maximum Gasteiger partial charge on any atom is 0.0693 e. The Hall–Kier alpha value is -1.23. The lowest BCUT2D eigenvalue weighted by molar-refractivity contribution is 0.558. The van der Waals surface area contributed by atoms with E-state index in [1.165, 1.54) is 5.56 Å². The summed E-state index contributed by atoms with van der Waals surface area (Å²) in [7, 11) is 1.93. The van der Waals surface area contributed by atoms with Crippen molar-refractivity contribution in [1.29, 1.82) is 0 Å². The predicted molar refractivity (Wildman–Crippen MR) is 88.8 cm³/mol. The number of aryl methyl sites for hydroxylation is 2. The number of nitrogens with one attached hydrogen (secondary N) is 1. The molecule has 0 saturated heterocycles. The number of aromatic nitrogens is 2. The van der Waals surface area contributed by atoms with Crippen molar-refractivity contribution in [3.8, 4) is 0 Å². The highest BCUT2D eigenvalue weighted by molar-refractivity contribution is 6.38. The van der Waals surface area contributed by atoms with Gasteiger partial charge in [0.15, 0.2) is 0 Å². The molecule has 0 aliphatic heterocycles. The van der Waals surface area contributed by atoms with Crippen LogP contribution in [-0.2, 0) is 13.5 Å². The largest absolute Gasteiger partial charge is 0.396 e. The highest BCUT2D eigenvalue weighted by atomic mass is 35.5. The van der Waals surface area contributed by atoms with Crippen LogP contribution < -0.4 is 11.1 Å². The minimum Gasteiger partial charge on any atom is -0.396 e. The third kappa shape index (κ3) is 4.37. The highest BCUT2D eigenvalue weighted by Crippen LogP contribution is 2.31. The Morgan fingerprint density at radius 2 is 2.00 bits per heavy atom. The van der Waals surface area contributed by atoms with E-state index in [1.807, 2.05) is 36.3 Å². The number of hydrogen-bond donors (Lipinski definition) is 2. The van der Waals surface area contributed by atoms with Gasteiger partial charge in [-0.05, 0) is 49.6 Å². The number of nitrogens with zero attached hydrogens (tertiary/aromatic N) is 2. The predicted octanol–water partition coefficient (Wildman–Crippen LogP) is 3.59. The van der Waals surface area contributed by atoms with Crippen LogP contribution >= 0.6 is 23.2 Å². The van der Waals surface area contributed by atoms with E-state index >= 15 is 0 Å². The summed E-state index contributed by atoms with van der Waals surface area (Å²) in [4.78, 5) is 0. The Balaban J connectivity index is 1.83. The van der Waals surface area contributed by atoms with Crippen LogP contribution in [0.1, 0.15) is 30.5 Å². The summed E-state index contributed by atoms with van der Waals surface area (Å²) in [6.45, 7) is 3.00. The lowest BCUT2D eigenvalue weighted by Crippen LogP contribution is -2.20. The van der Waals surface area contributed by atoms with Gasteiger partial charge in [0, 0.05) is 19.3 Å². The molecule has 0 radical (unpaired) electrons. The first-order chi connectivity index (χ1) is 9.97. The third-order valence-electron chi connectivity index (χ3n) is 3.45. The van der Waals surface area contributed by atoms with Gasteiger partial charge in [-0.15, -0.1) is 0 Å². The summed E-state index contributed by atoms with van der Waals surface area (Å²) >= 11 is 12.1. The van der Waals surface area contributed by atoms with Gasteiger partial charge in [-0.25, -0.2) is 0 Å². The molecule has 4 nitrogen and oxygen atoms in total. The van der Waals surface area contributed by atoms with Crippen LogP contribution in [-0.4, -0.2) is 16.3 Å². The smallest absolute Gasteiger partial charge is 0.0693 e. The SMILES string of the molecule is C[C@H](NCCCc1cnn(C)c1)c1cc(Cl)c(N)c(Cl)c1. The van der Waals surface area contributed by atoms with Gasteiger partial charge >= 0.3 is 0 Å².